The number of anilines is 1. The highest BCUT2D eigenvalue weighted by Gasteiger charge is 2.01. The minimum Gasteiger partial charge on any atom is -0.478 e. The molecule has 3 N–H and O–H groups in total. The highest BCUT2D eigenvalue weighted by Crippen LogP contribution is 2.23. The first-order valence-electron chi connectivity index (χ1n) is 5.26. The Morgan fingerprint density at radius 2 is 1.67 bits per heavy atom. The number of nitrogens with two attached hydrogens (primary N) is 1. The Morgan fingerprint density at radius 1 is 1.00 bits per heavy atom. The Balaban J connectivity index is 2.19. The molecule has 0 aliphatic carbocycles. The third-order valence-electron chi connectivity index (χ3n) is 2.32. The predicted octanol–water partition coefficient (Wildman–Crippen LogP) is 3.38. The second kappa shape index (κ2) is 5.09. The number of nitrogen functional groups attached to an aromatic ring is 1. The zero-order chi connectivity index (χ0) is 13.0. The highest BCUT2D eigenvalue weighted by atomic mass is 16.4. The van der Waals surface area contributed by atoms with Crippen LogP contribution in [0.3, 0.4) is 0 Å². The maximum Gasteiger partial charge on any atom is 0.335 e. The Bertz CT molecular complexity index is 591. The summed E-state index contributed by atoms with van der Waals surface area (Å²) in [5, 5.41) is 16.7. The first kappa shape index (κ1) is 11.8. The van der Waals surface area contributed by atoms with Gasteiger partial charge in [-0.25, -0.2) is 4.79 Å². The summed E-state index contributed by atoms with van der Waals surface area (Å²) in [6.07, 6.45) is 0. The van der Waals surface area contributed by atoms with Crippen LogP contribution in [0.25, 0.3) is 0 Å². The second-order valence-electron chi connectivity index (χ2n) is 3.61. The lowest BCUT2D eigenvalue weighted by Crippen LogP contribution is -1.93. The van der Waals surface area contributed by atoms with Crippen molar-refractivity contribution in [1.29, 1.82) is 0 Å². The average Bonchev–Trinajstić information content (AvgIpc) is 2.38. The molecule has 0 spiro atoms. The number of hydrogen-bond acceptors (Lipinski definition) is 4. The van der Waals surface area contributed by atoms with E-state index >= 15 is 0 Å². The Hall–Kier alpha value is -2.69. The molecule has 0 saturated heterocycles. The number of hydrogen-bond donors (Lipinski definition) is 2. The largest absolute Gasteiger partial charge is 0.478 e. The normalized spacial score (nSPS) is 10.7. The molecule has 2 aromatic rings. The Kier molecular flexibility index (Phi) is 3.33. The number of rotatable bonds is 3. The first-order valence-corrected chi connectivity index (χ1v) is 5.26. The molecule has 0 amide bonds. The SMILES string of the molecule is Nc1ccccc1N=Nc1ccc(C(=O)O)cc1. The molecule has 5 heteroatoms. The number of azo groups is 1. The van der Waals surface area contributed by atoms with E-state index in [0.29, 0.717) is 17.1 Å². The molecular weight excluding hydrogens is 230 g/mol. The van der Waals surface area contributed by atoms with E-state index in [1.165, 1.54) is 12.1 Å². The van der Waals surface area contributed by atoms with Gasteiger partial charge in [0, 0.05) is 0 Å². The van der Waals surface area contributed by atoms with Crippen LogP contribution in [0.15, 0.2) is 58.8 Å². The summed E-state index contributed by atoms with van der Waals surface area (Å²) in [4.78, 5) is 10.7. The van der Waals surface area contributed by atoms with E-state index in [9.17, 15) is 4.79 Å². The van der Waals surface area contributed by atoms with Crippen LogP contribution < -0.4 is 5.73 Å². The zero-order valence-corrected chi connectivity index (χ0v) is 9.45. The molecule has 0 aliphatic rings. The van der Waals surface area contributed by atoms with Gasteiger partial charge in [0.05, 0.1) is 16.9 Å². The molecule has 0 radical (unpaired) electrons. The van der Waals surface area contributed by atoms with E-state index in [2.05, 4.69) is 10.2 Å². The van der Waals surface area contributed by atoms with Gasteiger partial charge in [0.1, 0.15) is 5.69 Å². The zero-order valence-electron chi connectivity index (χ0n) is 9.45. The average molecular weight is 241 g/mol. The lowest BCUT2D eigenvalue weighted by Gasteiger charge is -1.97. The Morgan fingerprint density at radius 3 is 2.28 bits per heavy atom. The van der Waals surface area contributed by atoms with Crippen molar-refractivity contribution in [3.63, 3.8) is 0 Å². The van der Waals surface area contributed by atoms with Gasteiger partial charge < -0.3 is 10.8 Å². The van der Waals surface area contributed by atoms with E-state index in [1.807, 2.05) is 12.1 Å². The summed E-state index contributed by atoms with van der Waals surface area (Å²) in [5.74, 6) is -0.967. The van der Waals surface area contributed by atoms with Crippen molar-refractivity contribution >= 4 is 23.0 Å². The topological polar surface area (TPSA) is 88.0 Å². The predicted molar refractivity (Wildman–Crippen MR) is 68.4 cm³/mol. The number of carboxylic acid groups (broad SMARTS) is 1. The number of nitrogens with zero attached hydrogens (tertiary/aromatic N) is 2. The summed E-state index contributed by atoms with van der Waals surface area (Å²) in [6, 6.07) is 13.3. The molecule has 0 atom stereocenters. The van der Waals surface area contributed by atoms with Crippen LogP contribution in [-0.2, 0) is 0 Å². The van der Waals surface area contributed by atoms with Crippen LogP contribution >= 0.6 is 0 Å². The highest BCUT2D eigenvalue weighted by molar-refractivity contribution is 5.87. The van der Waals surface area contributed by atoms with Crippen LogP contribution in [-0.4, -0.2) is 11.1 Å². The number of para-hydroxylation sites is 1. The fourth-order valence-corrected chi connectivity index (χ4v) is 1.36. The van der Waals surface area contributed by atoms with Crippen molar-refractivity contribution < 1.29 is 9.90 Å². The second-order valence-corrected chi connectivity index (χ2v) is 3.61. The molecule has 5 nitrogen and oxygen atoms in total. The van der Waals surface area contributed by atoms with E-state index in [4.69, 9.17) is 10.8 Å². The van der Waals surface area contributed by atoms with Gasteiger partial charge in [-0.3, -0.25) is 0 Å². The van der Waals surface area contributed by atoms with Gasteiger partial charge in [0.15, 0.2) is 0 Å². The first-order chi connectivity index (χ1) is 8.66. The van der Waals surface area contributed by atoms with E-state index < -0.39 is 5.97 Å². The monoisotopic (exact) mass is 241 g/mol. The van der Waals surface area contributed by atoms with Crippen LogP contribution in [0, 0.1) is 0 Å². The minimum atomic E-state index is -0.967. The number of aromatic carboxylic acids is 1. The number of benzene rings is 2. The quantitative estimate of drug-likeness (QED) is 0.637. The maximum atomic E-state index is 10.7. The summed E-state index contributed by atoms with van der Waals surface area (Å²) < 4.78 is 0. The van der Waals surface area contributed by atoms with Crippen molar-refractivity contribution in [1.82, 2.24) is 0 Å². The van der Waals surface area contributed by atoms with Gasteiger partial charge in [0.2, 0.25) is 0 Å². The Labute approximate surface area is 104 Å². The molecule has 0 unspecified atom stereocenters. The number of carbonyl (C=O) groups is 1. The van der Waals surface area contributed by atoms with Gasteiger partial charge in [-0.2, -0.15) is 5.11 Å². The fraction of sp³-hybridized carbons (Fsp3) is 0. The van der Waals surface area contributed by atoms with Gasteiger partial charge in [0.25, 0.3) is 0 Å². The molecule has 0 bridgehead atoms. The smallest absolute Gasteiger partial charge is 0.335 e. The molecular formula is C13H11N3O2. The molecule has 0 heterocycles. The molecule has 2 rings (SSSR count). The van der Waals surface area contributed by atoms with E-state index in [1.54, 1.807) is 24.3 Å². The maximum absolute atomic E-state index is 10.7. The molecule has 0 fully saturated rings. The fourth-order valence-electron chi connectivity index (χ4n) is 1.36. The molecule has 0 aromatic heterocycles. The summed E-state index contributed by atoms with van der Waals surface area (Å²) >= 11 is 0. The van der Waals surface area contributed by atoms with Gasteiger partial charge in [-0.1, -0.05) is 12.1 Å². The van der Waals surface area contributed by atoms with Gasteiger partial charge in [-0.05, 0) is 36.4 Å². The molecule has 90 valence electrons. The third kappa shape index (κ3) is 2.70. The van der Waals surface area contributed by atoms with Crippen molar-refractivity contribution in [3.8, 4) is 0 Å². The molecule has 0 saturated carbocycles. The van der Waals surface area contributed by atoms with Crippen molar-refractivity contribution in [2.24, 2.45) is 10.2 Å². The summed E-state index contributed by atoms with van der Waals surface area (Å²) in [5.41, 5.74) is 7.63. The lowest BCUT2D eigenvalue weighted by molar-refractivity contribution is 0.0697. The van der Waals surface area contributed by atoms with E-state index in [-0.39, 0.29) is 5.56 Å². The van der Waals surface area contributed by atoms with E-state index in [0.717, 1.165) is 0 Å². The lowest BCUT2D eigenvalue weighted by atomic mass is 10.2. The third-order valence-corrected chi connectivity index (χ3v) is 2.32. The summed E-state index contributed by atoms with van der Waals surface area (Å²) in [7, 11) is 0. The van der Waals surface area contributed by atoms with Crippen LogP contribution in [0.4, 0.5) is 17.1 Å². The van der Waals surface area contributed by atoms with Crippen molar-refractivity contribution in [3.05, 3.63) is 54.1 Å². The van der Waals surface area contributed by atoms with Crippen LogP contribution in [0.2, 0.25) is 0 Å². The van der Waals surface area contributed by atoms with Crippen LogP contribution in [0.5, 0.6) is 0 Å². The van der Waals surface area contributed by atoms with Gasteiger partial charge >= 0.3 is 5.97 Å². The standard InChI is InChI=1S/C13H11N3O2/c14-11-3-1-2-4-12(11)16-15-10-7-5-9(6-8-10)13(17)18/h1-8H,14H2,(H,17,18). The number of carboxylic acids is 1. The van der Waals surface area contributed by atoms with Gasteiger partial charge in [-0.15, -0.1) is 5.11 Å². The molecule has 0 aliphatic heterocycles. The van der Waals surface area contributed by atoms with Crippen molar-refractivity contribution in [2.75, 3.05) is 5.73 Å². The molecule has 2 aromatic carbocycles. The summed E-state index contributed by atoms with van der Waals surface area (Å²) in [6.45, 7) is 0. The van der Waals surface area contributed by atoms with Crippen molar-refractivity contribution in [2.45, 2.75) is 0 Å². The minimum absolute atomic E-state index is 0.216. The van der Waals surface area contributed by atoms with Crippen LogP contribution in [0.1, 0.15) is 10.4 Å². The molecule has 18 heavy (non-hydrogen) atoms.